The summed E-state index contributed by atoms with van der Waals surface area (Å²) >= 11 is 1.16. The molecular formula is C26H27NO7S. The molecule has 0 saturated carbocycles. The van der Waals surface area contributed by atoms with Crippen molar-refractivity contribution in [3.05, 3.63) is 72.6 Å². The van der Waals surface area contributed by atoms with Crippen LogP contribution in [0, 0.1) is 0 Å². The molecule has 1 heterocycles. The number of carbonyl (C=O) groups excluding carboxylic acids is 2. The van der Waals surface area contributed by atoms with Gasteiger partial charge >= 0.3 is 5.97 Å². The highest BCUT2D eigenvalue weighted by Crippen LogP contribution is 2.27. The van der Waals surface area contributed by atoms with Gasteiger partial charge in [0.15, 0.2) is 17.3 Å². The Hall–Kier alpha value is -3.85. The van der Waals surface area contributed by atoms with Gasteiger partial charge < -0.3 is 18.9 Å². The number of ether oxygens (including phenoxy) is 4. The molecule has 0 spiro atoms. The van der Waals surface area contributed by atoms with Gasteiger partial charge in [0, 0.05) is 11.1 Å². The Morgan fingerprint density at radius 1 is 0.971 bits per heavy atom. The number of methoxy groups -OCH3 is 3. The van der Waals surface area contributed by atoms with Gasteiger partial charge in [-0.25, -0.2) is 4.79 Å². The van der Waals surface area contributed by atoms with Crippen molar-refractivity contribution in [2.75, 3.05) is 27.9 Å². The zero-order valence-corrected chi connectivity index (χ0v) is 21.1. The van der Waals surface area contributed by atoms with E-state index in [4.69, 9.17) is 18.9 Å². The highest BCUT2D eigenvalue weighted by molar-refractivity contribution is 7.07. The Bertz CT molecular complexity index is 1420. The third-order valence-corrected chi connectivity index (χ3v) is 6.24. The molecule has 0 aliphatic heterocycles. The third-order valence-electron chi connectivity index (χ3n) is 5.19. The predicted molar refractivity (Wildman–Crippen MR) is 134 cm³/mol. The number of esters is 1. The molecule has 0 unspecified atom stereocenters. The van der Waals surface area contributed by atoms with Crippen LogP contribution in [-0.4, -0.2) is 44.3 Å². The van der Waals surface area contributed by atoms with E-state index in [0.717, 1.165) is 16.9 Å². The molecule has 9 heteroatoms. The highest BCUT2D eigenvalue weighted by atomic mass is 32.1. The zero-order valence-electron chi connectivity index (χ0n) is 20.2. The van der Waals surface area contributed by atoms with E-state index in [2.05, 4.69) is 0 Å². The van der Waals surface area contributed by atoms with Crippen LogP contribution in [0.5, 0.6) is 17.2 Å². The Morgan fingerprint density at radius 2 is 1.66 bits per heavy atom. The van der Waals surface area contributed by atoms with Crippen molar-refractivity contribution in [1.82, 2.24) is 4.57 Å². The first kappa shape index (κ1) is 25.8. The monoisotopic (exact) mass is 497 g/mol. The first-order valence-corrected chi connectivity index (χ1v) is 11.6. The van der Waals surface area contributed by atoms with E-state index in [0.29, 0.717) is 37.6 Å². The Labute approximate surface area is 206 Å². The van der Waals surface area contributed by atoms with E-state index < -0.39 is 5.97 Å². The first-order valence-electron chi connectivity index (χ1n) is 10.8. The van der Waals surface area contributed by atoms with Crippen LogP contribution in [0.3, 0.4) is 0 Å². The van der Waals surface area contributed by atoms with Crippen LogP contribution in [0.2, 0.25) is 0 Å². The number of carbonyl (C=O) groups is 2. The zero-order chi connectivity index (χ0) is 25.5. The van der Waals surface area contributed by atoms with Gasteiger partial charge in [-0.1, -0.05) is 6.07 Å². The summed E-state index contributed by atoms with van der Waals surface area (Å²) in [4.78, 5) is 37.6. The molecule has 0 saturated heterocycles. The number of thiazole rings is 1. The fourth-order valence-corrected chi connectivity index (χ4v) is 4.49. The van der Waals surface area contributed by atoms with Crippen molar-refractivity contribution in [1.29, 1.82) is 0 Å². The molecule has 0 atom stereocenters. The van der Waals surface area contributed by atoms with E-state index in [1.807, 2.05) is 0 Å². The number of hydrogen-bond donors (Lipinski definition) is 0. The number of Topliss-reactive ketones (excluding diaryl/α,β-unsaturated/α-hetero) is 1. The van der Waals surface area contributed by atoms with Crippen molar-refractivity contribution < 1.29 is 28.5 Å². The maximum absolute atomic E-state index is 13.4. The summed E-state index contributed by atoms with van der Waals surface area (Å²) in [5.74, 6) is 0.974. The van der Waals surface area contributed by atoms with Crippen LogP contribution < -0.4 is 29.0 Å². The lowest BCUT2D eigenvalue weighted by molar-refractivity contribution is -0.135. The Kier molecular flexibility index (Phi) is 8.48. The van der Waals surface area contributed by atoms with Gasteiger partial charge in [-0.2, -0.15) is 0 Å². The van der Waals surface area contributed by atoms with Gasteiger partial charge in [-0.05, 0) is 55.8 Å². The Morgan fingerprint density at radius 3 is 2.29 bits per heavy atom. The molecule has 0 N–H and O–H groups in total. The summed E-state index contributed by atoms with van der Waals surface area (Å²) in [5.41, 5.74) is 1.57. The van der Waals surface area contributed by atoms with E-state index in [1.54, 1.807) is 56.5 Å². The summed E-state index contributed by atoms with van der Waals surface area (Å²) in [6, 6.07) is 10.4. The molecule has 2 aromatic carbocycles. The summed E-state index contributed by atoms with van der Waals surface area (Å²) in [6.45, 7) is 3.49. The van der Waals surface area contributed by atoms with E-state index in [-0.39, 0.29) is 24.5 Å². The molecular weight excluding hydrogens is 470 g/mol. The molecule has 0 bridgehead atoms. The first-order chi connectivity index (χ1) is 16.8. The molecule has 0 radical (unpaired) electrons. The third kappa shape index (κ3) is 5.99. The normalized spacial score (nSPS) is 11.9. The van der Waals surface area contributed by atoms with Crippen molar-refractivity contribution in [3.63, 3.8) is 0 Å². The van der Waals surface area contributed by atoms with Gasteiger partial charge in [0.25, 0.3) is 5.56 Å². The minimum Gasteiger partial charge on any atom is -0.496 e. The van der Waals surface area contributed by atoms with Crippen molar-refractivity contribution in [2.24, 2.45) is 0 Å². The van der Waals surface area contributed by atoms with Crippen molar-refractivity contribution in [2.45, 2.75) is 20.4 Å². The van der Waals surface area contributed by atoms with Gasteiger partial charge in [0.2, 0.25) is 0 Å². The lowest BCUT2D eigenvalue weighted by Crippen LogP contribution is -2.32. The summed E-state index contributed by atoms with van der Waals surface area (Å²) in [7, 11) is 4.60. The molecule has 3 rings (SSSR count). The standard InChI is InChI=1S/C26H27NO7S/c1-6-34-25(29)14-24-27(15-19-13-18(16(2)28)8-10-20(19)31-3)26(30)23(35-24)12-17-7-9-21(32-4)22(11-17)33-5/h7-14H,6,15H2,1-5H3/b23-12-,24-14-. The topological polar surface area (TPSA) is 93.1 Å². The largest absolute Gasteiger partial charge is 0.496 e. The molecule has 0 aliphatic carbocycles. The average molecular weight is 498 g/mol. The molecule has 0 fully saturated rings. The highest BCUT2D eigenvalue weighted by Gasteiger charge is 2.13. The fourth-order valence-electron chi connectivity index (χ4n) is 3.46. The maximum Gasteiger partial charge on any atom is 0.333 e. The number of benzene rings is 2. The van der Waals surface area contributed by atoms with Crippen LogP contribution in [0.4, 0.5) is 0 Å². The lowest BCUT2D eigenvalue weighted by Gasteiger charge is -2.10. The van der Waals surface area contributed by atoms with Gasteiger partial charge in [0.05, 0.1) is 45.1 Å². The van der Waals surface area contributed by atoms with E-state index in [1.165, 1.54) is 31.8 Å². The minimum atomic E-state index is -0.551. The second kappa shape index (κ2) is 11.5. The second-order valence-corrected chi connectivity index (χ2v) is 8.50. The number of ketones is 1. The van der Waals surface area contributed by atoms with Gasteiger partial charge in [-0.3, -0.25) is 14.2 Å². The summed E-state index contributed by atoms with van der Waals surface area (Å²) < 4.78 is 23.4. The van der Waals surface area contributed by atoms with Crippen molar-refractivity contribution in [3.8, 4) is 17.2 Å². The van der Waals surface area contributed by atoms with Crippen LogP contribution in [0.25, 0.3) is 12.2 Å². The molecule has 0 aliphatic rings. The number of hydrogen-bond acceptors (Lipinski definition) is 8. The molecule has 3 aromatic rings. The van der Waals surface area contributed by atoms with Gasteiger partial charge in [-0.15, -0.1) is 11.3 Å². The maximum atomic E-state index is 13.4. The quantitative estimate of drug-likeness (QED) is 0.331. The average Bonchev–Trinajstić information content (AvgIpc) is 3.12. The Balaban J connectivity index is 2.20. The summed E-state index contributed by atoms with van der Waals surface area (Å²) in [6.07, 6.45) is 3.01. The number of nitrogens with zero attached hydrogens (tertiary/aromatic N) is 1. The predicted octanol–water partition coefficient (Wildman–Crippen LogP) is 2.36. The number of aromatic nitrogens is 1. The van der Waals surface area contributed by atoms with Gasteiger partial charge in [0.1, 0.15) is 10.4 Å². The molecule has 0 amide bonds. The minimum absolute atomic E-state index is 0.102. The SMILES string of the molecule is CCOC(=O)/C=c1\s/c(=C\c2ccc(OC)c(OC)c2)c(=O)n1Cc1cc(C(C)=O)ccc1OC. The summed E-state index contributed by atoms with van der Waals surface area (Å²) in [5, 5.41) is 0. The molecule has 1 aromatic heterocycles. The van der Waals surface area contributed by atoms with Crippen LogP contribution in [0.15, 0.2) is 41.2 Å². The molecule has 8 nitrogen and oxygen atoms in total. The second-order valence-electron chi connectivity index (χ2n) is 7.43. The smallest absolute Gasteiger partial charge is 0.333 e. The fraction of sp³-hybridized carbons (Fsp3) is 0.269. The van der Waals surface area contributed by atoms with Crippen LogP contribution in [0.1, 0.15) is 35.3 Å². The number of rotatable bonds is 9. The van der Waals surface area contributed by atoms with E-state index in [9.17, 15) is 14.4 Å². The van der Waals surface area contributed by atoms with Crippen LogP contribution in [-0.2, 0) is 16.1 Å². The van der Waals surface area contributed by atoms with E-state index >= 15 is 0 Å². The molecule has 35 heavy (non-hydrogen) atoms. The van der Waals surface area contributed by atoms with Crippen LogP contribution >= 0.6 is 11.3 Å². The lowest BCUT2D eigenvalue weighted by atomic mass is 10.1. The molecule has 184 valence electrons. The van der Waals surface area contributed by atoms with Crippen molar-refractivity contribution >= 4 is 35.2 Å².